The number of aromatic nitrogens is 1. The summed E-state index contributed by atoms with van der Waals surface area (Å²) in [5, 5.41) is 3.97. The Morgan fingerprint density at radius 1 is 1.07 bits per heavy atom. The van der Waals surface area contributed by atoms with Gasteiger partial charge < -0.3 is 10.2 Å². The number of hydrogen-bond acceptors (Lipinski definition) is 3. The zero-order chi connectivity index (χ0) is 18.8. The van der Waals surface area contributed by atoms with Crippen LogP contribution in [0.4, 0.5) is 4.39 Å². The Kier molecular flexibility index (Phi) is 7.96. The van der Waals surface area contributed by atoms with Crippen LogP contribution in [0, 0.1) is 5.82 Å². The number of rotatable bonds is 3. The molecule has 0 aliphatic carbocycles. The highest BCUT2D eigenvalue weighted by atomic mass is 35.5. The van der Waals surface area contributed by atoms with Gasteiger partial charge in [-0.15, -0.1) is 24.8 Å². The Hall–Kier alpha value is -2.21. The maximum absolute atomic E-state index is 13.8. The Morgan fingerprint density at radius 3 is 2.41 bits per heavy atom. The quantitative estimate of drug-likeness (QED) is 0.647. The second kappa shape index (κ2) is 10.0. The molecule has 0 bridgehead atoms. The monoisotopic (exact) mass is 435 g/mol. The summed E-state index contributed by atoms with van der Waals surface area (Å²) in [6, 6.07) is 16.4. The van der Waals surface area contributed by atoms with Gasteiger partial charge in [0.25, 0.3) is 5.91 Å². The Labute approximate surface area is 182 Å². The molecule has 154 valence electrons. The minimum atomic E-state index is -0.353. The summed E-state index contributed by atoms with van der Waals surface area (Å²) in [5.41, 5.74) is 2.68. The molecule has 1 aliphatic rings. The molecule has 0 spiro atoms. The van der Waals surface area contributed by atoms with Crippen LogP contribution in [0.2, 0.25) is 0 Å². The molecule has 0 unspecified atom stereocenters. The first kappa shape index (κ1) is 23.1. The van der Waals surface area contributed by atoms with Crippen LogP contribution in [0.1, 0.15) is 23.2 Å². The molecule has 7 heteroatoms. The van der Waals surface area contributed by atoms with Crippen molar-refractivity contribution in [3.05, 3.63) is 66.0 Å². The summed E-state index contributed by atoms with van der Waals surface area (Å²) in [6.07, 6.45) is 1.87. The van der Waals surface area contributed by atoms with Gasteiger partial charge in [-0.05, 0) is 38.1 Å². The molecule has 29 heavy (non-hydrogen) atoms. The van der Waals surface area contributed by atoms with E-state index in [2.05, 4.69) is 10.3 Å². The molecule has 4 rings (SSSR count). The summed E-state index contributed by atoms with van der Waals surface area (Å²) in [4.78, 5) is 19.7. The van der Waals surface area contributed by atoms with Crippen LogP contribution in [0.25, 0.3) is 22.2 Å². The van der Waals surface area contributed by atoms with Crippen LogP contribution in [0.3, 0.4) is 0 Å². The van der Waals surface area contributed by atoms with Crippen LogP contribution < -0.4 is 5.32 Å². The molecule has 2 heterocycles. The number of likely N-dealkylation sites (tertiary alicyclic amines) is 1. The first-order valence-corrected chi connectivity index (χ1v) is 9.28. The normalized spacial score (nSPS) is 14.2. The number of nitrogens with one attached hydrogen (secondary N) is 1. The van der Waals surface area contributed by atoms with Crippen molar-refractivity contribution < 1.29 is 9.18 Å². The molecule has 3 aromatic rings. The van der Waals surface area contributed by atoms with E-state index >= 15 is 0 Å². The van der Waals surface area contributed by atoms with Gasteiger partial charge >= 0.3 is 0 Å². The SMILES string of the molecule is CNC1CCN(C(=O)c2cc(-c3ccccc3)nc3cc(F)ccc23)CC1.Cl.Cl. The third kappa shape index (κ3) is 4.86. The van der Waals surface area contributed by atoms with E-state index in [4.69, 9.17) is 0 Å². The van der Waals surface area contributed by atoms with Gasteiger partial charge in [-0.25, -0.2) is 9.37 Å². The van der Waals surface area contributed by atoms with Crippen LogP contribution in [-0.2, 0) is 0 Å². The van der Waals surface area contributed by atoms with E-state index in [-0.39, 0.29) is 36.5 Å². The van der Waals surface area contributed by atoms with Crippen molar-refractivity contribution in [2.24, 2.45) is 0 Å². The van der Waals surface area contributed by atoms with Crippen molar-refractivity contribution in [2.45, 2.75) is 18.9 Å². The second-order valence-electron chi connectivity index (χ2n) is 6.94. The molecule has 1 aromatic heterocycles. The van der Waals surface area contributed by atoms with Crippen molar-refractivity contribution in [1.82, 2.24) is 15.2 Å². The van der Waals surface area contributed by atoms with Crippen LogP contribution >= 0.6 is 24.8 Å². The average Bonchev–Trinajstić information content (AvgIpc) is 2.73. The third-order valence-corrected chi connectivity index (χ3v) is 5.26. The lowest BCUT2D eigenvalue weighted by Gasteiger charge is -2.32. The molecular formula is C22H24Cl2FN3O. The Balaban J connectivity index is 0.00000150. The first-order chi connectivity index (χ1) is 13.2. The lowest BCUT2D eigenvalue weighted by molar-refractivity contribution is 0.0709. The van der Waals surface area contributed by atoms with Crippen molar-refractivity contribution in [3.8, 4) is 11.3 Å². The van der Waals surface area contributed by atoms with E-state index in [9.17, 15) is 9.18 Å². The minimum Gasteiger partial charge on any atom is -0.339 e. The highest BCUT2D eigenvalue weighted by Gasteiger charge is 2.24. The summed E-state index contributed by atoms with van der Waals surface area (Å²) in [7, 11) is 1.96. The van der Waals surface area contributed by atoms with E-state index in [0.29, 0.717) is 28.2 Å². The molecular weight excluding hydrogens is 412 g/mol. The van der Waals surface area contributed by atoms with Crippen molar-refractivity contribution >= 4 is 41.6 Å². The number of fused-ring (bicyclic) bond motifs is 1. The predicted octanol–water partition coefficient (Wildman–Crippen LogP) is 4.71. The summed E-state index contributed by atoms with van der Waals surface area (Å²) in [5.74, 6) is -0.366. The lowest BCUT2D eigenvalue weighted by Crippen LogP contribution is -2.44. The molecule has 1 amide bonds. The average molecular weight is 436 g/mol. The van der Waals surface area contributed by atoms with E-state index in [1.807, 2.05) is 48.3 Å². The molecule has 2 aromatic carbocycles. The number of piperidine rings is 1. The fourth-order valence-corrected chi connectivity index (χ4v) is 3.68. The summed E-state index contributed by atoms with van der Waals surface area (Å²) >= 11 is 0. The summed E-state index contributed by atoms with van der Waals surface area (Å²) < 4.78 is 13.8. The fourth-order valence-electron chi connectivity index (χ4n) is 3.68. The second-order valence-corrected chi connectivity index (χ2v) is 6.94. The van der Waals surface area contributed by atoms with Gasteiger partial charge in [0.2, 0.25) is 0 Å². The molecule has 1 aliphatic heterocycles. The molecule has 4 nitrogen and oxygen atoms in total. The zero-order valence-electron chi connectivity index (χ0n) is 16.1. The van der Waals surface area contributed by atoms with Crippen LogP contribution in [0.15, 0.2) is 54.6 Å². The van der Waals surface area contributed by atoms with E-state index in [1.54, 1.807) is 6.07 Å². The molecule has 0 saturated carbocycles. The Morgan fingerprint density at radius 2 is 1.76 bits per heavy atom. The van der Waals surface area contributed by atoms with Gasteiger partial charge in [0.1, 0.15) is 5.82 Å². The van der Waals surface area contributed by atoms with E-state index in [0.717, 1.165) is 31.5 Å². The smallest absolute Gasteiger partial charge is 0.254 e. The predicted molar refractivity (Wildman–Crippen MR) is 120 cm³/mol. The standard InChI is InChI=1S/C22H22FN3O.2ClH/c1-24-17-9-11-26(12-10-17)22(27)19-14-20(15-5-3-2-4-6-15)25-21-13-16(23)7-8-18(19)21;;/h2-8,13-14,17,24H,9-12H2,1H3;2*1H. The Bertz CT molecular complexity index is 976. The highest BCUT2D eigenvalue weighted by molar-refractivity contribution is 6.07. The van der Waals surface area contributed by atoms with Crippen LogP contribution in [0.5, 0.6) is 0 Å². The van der Waals surface area contributed by atoms with E-state index < -0.39 is 0 Å². The minimum absolute atomic E-state index is 0. The number of carbonyl (C=O) groups excluding carboxylic acids is 1. The largest absolute Gasteiger partial charge is 0.339 e. The maximum Gasteiger partial charge on any atom is 0.254 e. The maximum atomic E-state index is 13.8. The number of halogens is 3. The molecule has 1 N–H and O–H groups in total. The van der Waals surface area contributed by atoms with Crippen molar-refractivity contribution in [3.63, 3.8) is 0 Å². The number of amides is 1. The number of benzene rings is 2. The molecule has 0 atom stereocenters. The van der Waals surface area contributed by atoms with Gasteiger partial charge in [-0.3, -0.25) is 4.79 Å². The summed E-state index contributed by atoms with van der Waals surface area (Å²) in [6.45, 7) is 1.44. The van der Waals surface area contributed by atoms with Crippen LogP contribution in [-0.4, -0.2) is 42.0 Å². The van der Waals surface area contributed by atoms with Gasteiger partial charge in [0.05, 0.1) is 16.8 Å². The van der Waals surface area contributed by atoms with Gasteiger partial charge in [0, 0.05) is 36.1 Å². The molecule has 0 radical (unpaired) electrons. The van der Waals surface area contributed by atoms with Gasteiger partial charge in [-0.2, -0.15) is 0 Å². The van der Waals surface area contributed by atoms with Crippen molar-refractivity contribution in [1.29, 1.82) is 0 Å². The fraction of sp³-hybridized carbons (Fsp3) is 0.273. The topological polar surface area (TPSA) is 45.2 Å². The number of carbonyl (C=O) groups is 1. The number of nitrogens with zero attached hydrogens (tertiary/aromatic N) is 2. The molecule has 1 fully saturated rings. The van der Waals surface area contributed by atoms with Gasteiger partial charge in [0.15, 0.2) is 0 Å². The number of pyridine rings is 1. The van der Waals surface area contributed by atoms with Gasteiger partial charge in [-0.1, -0.05) is 30.3 Å². The zero-order valence-corrected chi connectivity index (χ0v) is 17.7. The van der Waals surface area contributed by atoms with Crippen molar-refractivity contribution in [2.75, 3.05) is 20.1 Å². The van der Waals surface area contributed by atoms with E-state index in [1.165, 1.54) is 12.1 Å². The number of hydrogen-bond donors (Lipinski definition) is 1. The highest BCUT2D eigenvalue weighted by Crippen LogP contribution is 2.27. The molecule has 1 saturated heterocycles. The first-order valence-electron chi connectivity index (χ1n) is 9.28. The lowest BCUT2D eigenvalue weighted by atomic mass is 10.0. The third-order valence-electron chi connectivity index (χ3n) is 5.26.